The quantitative estimate of drug-likeness (QED) is 0.928. The molecule has 1 aromatic carbocycles. The number of carbonyl (C=O) groups is 1. The van der Waals surface area contributed by atoms with E-state index in [1.807, 2.05) is 6.92 Å². The Bertz CT molecular complexity index is 553. The summed E-state index contributed by atoms with van der Waals surface area (Å²) < 4.78 is 33.9. The number of cyclic esters (lactones) is 1. The van der Waals surface area contributed by atoms with Gasteiger partial charge in [-0.05, 0) is 6.42 Å². The Morgan fingerprint density at radius 3 is 2.45 bits per heavy atom. The second-order valence-corrected chi connectivity index (χ2v) is 5.52. The van der Waals surface area contributed by atoms with Gasteiger partial charge in [0.1, 0.15) is 11.8 Å². The van der Waals surface area contributed by atoms with Crippen LogP contribution >= 0.6 is 0 Å². The molecular formula is C15H19F2N3O2. The minimum absolute atomic E-state index is 0.0233. The highest BCUT2D eigenvalue weighted by Crippen LogP contribution is 2.31. The van der Waals surface area contributed by atoms with Crippen molar-refractivity contribution in [2.75, 3.05) is 42.5 Å². The molecule has 2 heterocycles. The molecule has 120 valence electrons. The average molecular weight is 311 g/mol. The molecule has 3 rings (SSSR count). The zero-order valence-corrected chi connectivity index (χ0v) is 12.4. The molecule has 0 radical (unpaired) electrons. The fraction of sp³-hybridized carbons (Fsp3) is 0.533. The normalized spacial score (nSPS) is 22.1. The lowest BCUT2D eigenvalue weighted by molar-refractivity contribution is 0.139. The van der Waals surface area contributed by atoms with Gasteiger partial charge in [0, 0.05) is 38.3 Å². The number of carbonyl (C=O) groups excluding carboxylic acids is 1. The molecule has 2 aliphatic heterocycles. The highest BCUT2D eigenvalue weighted by molar-refractivity contribution is 5.90. The van der Waals surface area contributed by atoms with Gasteiger partial charge in [-0.15, -0.1) is 0 Å². The van der Waals surface area contributed by atoms with Crippen LogP contribution in [-0.4, -0.2) is 44.9 Å². The number of piperazine rings is 1. The van der Waals surface area contributed by atoms with Crippen LogP contribution < -0.4 is 15.1 Å². The Morgan fingerprint density at radius 2 is 1.91 bits per heavy atom. The smallest absolute Gasteiger partial charge is 0.414 e. The van der Waals surface area contributed by atoms with Gasteiger partial charge >= 0.3 is 6.09 Å². The summed E-state index contributed by atoms with van der Waals surface area (Å²) in [6.07, 6.45) is -0.112. The summed E-state index contributed by atoms with van der Waals surface area (Å²) in [5.41, 5.74) is 0.180. The number of hydrogen-bond donors (Lipinski definition) is 1. The van der Waals surface area contributed by atoms with Crippen molar-refractivity contribution in [2.45, 2.75) is 19.4 Å². The highest BCUT2D eigenvalue weighted by atomic mass is 19.1. The molecule has 1 N–H and O–H groups in total. The van der Waals surface area contributed by atoms with Gasteiger partial charge in [0.2, 0.25) is 0 Å². The Kier molecular flexibility index (Phi) is 4.15. The van der Waals surface area contributed by atoms with Gasteiger partial charge in [0.05, 0.1) is 12.2 Å². The first-order valence-corrected chi connectivity index (χ1v) is 7.53. The van der Waals surface area contributed by atoms with E-state index in [9.17, 15) is 13.6 Å². The minimum atomic E-state index is -0.648. The van der Waals surface area contributed by atoms with Crippen molar-refractivity contribution < 1.29 is 18.3 Å². The molecule has 0 bridgehead atoms. The van der Waals surface area contributed by atoms with E-state index in [-0.39, 0.29) is 17.5 Å². The maximum atomic E-state index is 14.4. The number of anilines is 2. The van der Waals surface area contributed by atoms with E-state index in [1.54, 1.807) is 4.90 Å². The third kappa shape index (κ3) is 2.72. The van der Waals surface area contributed by atoms with Gasteiger partial charge in [0.15, 0.2) is 11.6 Å². The van der Waals surface area contributed by atoms with Crippen molar-refractivity contribution in [3.8, 4) is 0 Å². The summed E-state index contributed by atoms with van der Waals surface area (Å²) in [7, 11) is 0. The van der Waals surface area contributed by atoms with Crippen molar-refractivity contribution in [3.05, 3.63) is 23.8 Å². The van der Waals surface area contributed by atoms with Crippen LogP contribution in [0.3, 0.4) is 0 Å². The molecule has 7 heteroatoms. The molecule has 2 saturated heterocycles. The van der Waals surface area contributed by atoms with Gasteiger partial charge in [-0.3, -0.25) is 4.90 Å². The minimum Gasteiger partial charge on any atom is -0.444 e. The van der Waals surface area contributed by atoms with Gasteiger partial charge < -0.3 is 15.0 Å². The number of benzene rings is 1. The fourth-order valence-electron chi connectivity index (χ4n) is 2.84. The molecule has 2 aliphatic rings. The molecule has 1 aromatic rings. The lowest BCUT2D eigenvalue weighted by Gasteiger charge is -2.30. The van der Waals surface area contributed by atoms with E-state index in [1.165, 1.54) is 17.0 Å². The molecule has 0 aliphatic carbocycles. The molecule has 1 amide bonds. The molecular weight excluding hydrogens is 292 g/mol. The summed E-state index contributed by atoms with van der Waals surface area (Å²) in [4.78, 5) is 14.8. The van der Waals surface area contributed by atoms with Crippen LogP contribution in [0, 0.1) is 11.6 Å². The van der Waals surface area contributed by atoms with Gasteiger partial charge in [-0.25, -0.2) is 13.6 Å². The first kappa shape index (κ1) is 15.0. The third-order valence-corrected chi connectivity index (χ3v) is 4.08. The van der Waals surface area contributed by atoms with E-state index < -0.39 is 17.7 Å². The summed E-state index contributed by atoms with van der Waals surface area (Å²) in [6, 6.07) is 2.42. The van der Waals surface area contributed by atoms with Crippen LogP contribution in [0.2, 0.25) is 0 Å². The van der Waals surface area contributed by atoms with Crippen LogP contribution in [0.4, 0.5) is 25.0 Å². The predicted octanol–water partition coefficient (Wildman–Crippen LogP) is 2.11. The van der Waals surface area contributed by atoms with Gasteiger partial charge in [-0.1, -0.05) is 6.92 Å². The number of nitrogens with zero attached hydrogens (tertiary/aromatic N) is 2. The molecule has 0 aromatic heterocycles. The highest BCUT2D eigenvalue weighted by Gasteiger charge is 2.32. The SMILES string of the molecule is CC[C@H]1CN(c2cc(F)c(N3CCNCC3)c(F)c2)C(=O)O1. The van der Waals surface area contributed by atoms with E-state index >= 15 is 0 Å². The zero-order chi connectivity index (χ0) is 15.7. The molecule has 5 nitrogen and oxygen atoms in total. The second-order valence-electron chi connectivity index (χ2n) is 5.52. The van der Waals surface area contributed by atoms with Gasteiger partial charge in [0.25, 0.3) is 0 Å². The van der Waals surface area contributed by atoms with Crippen LogP contribution in [0.15, 0.2) is 12.1 Å². The standard InChI is InChI=1S/C15H19F2N3O2/c1-2-11-9-20(15(21)22-11)10-7-12(16)14(13(17)8-10)19-5-3-18-4-6-19/h7-8,11,18H,2-6,9H2,1H3/t11-/m0/s1. The summed E-state index contributed by atoms with van der Waals surface area (Å²) in [5, 5.41) is 3.14. The van der Waals surface area contributed by atoms with E-state index in [4.69, 9.17) is 4.74 Å². The van der Waals surface area contributed by atoms with Crippen molar-refractivity contribution in [3.63, 3.8) is 0 Å². The number of amides is 1. The van der Waals surface area contributed by atoms with Crippen LogP contribution in [0.25, 0.3) is 0 Å². The first-order chi connectivity index (χ1) is 10.6. The van der Waals surface area contributed by atoms with Crippen molar-refractivity contribution in [1.82, 2.24) is 5.32 Å². The maximum absolute atomic E-state index is 14.4. The number of rotatable bonds is 3. The average Bonchev–Trinajstić information content (AvgIpc) is 2.89. The second kappa shape index (κ2) is 6.08. The summed E-state index contributed by atoms with van der Waals surface area (Å²) in [6.45, 7) is 4.71. The monoisotopic (exact) mass is 311 g/mol. The van der Waals surface area contributed by atoms with Crippen LogP contribution in [0.5, 0.6) is 0 Å². The number of nitrogens with one attached hydrogen (secondary N) is 1. The summed E-state index contributed by atoms with van der Waals surface area (Å²) >= 11 is 0. The Morgan fingerprint density at radius 1 is 1.27 bits per heavy atom. The van der Waals surface area contributed by atoms with Gasteiger partial charge in [-0.2, -0.15) is 0 Å². The molecule has 0 spiro atoms. The Hall–Kier alpha value is -1.89. The molecule has 1 atom stereocenters. The van der Waals surface area contributed by atoms with Crippen LogP contribution in [0.1, 0.15) is 13.3 Å². The third-order valence-electron chi connectivity index (χ3n) is 4.08. The van der Waals surface area contributed by atoms with E-state index in [0.29, 0.717) is 39.1 Å². The molecule has 2 fully saturated rings. The fourth-order valence-corrected chi connectivity index (χ4v) is 2.84. The lowest BCUT2D eigenvalue weighted by Crippen LogP contribution is -2.44. The largest absolute Gasteiger partial charge is 0.444 e. The number of ether oxygens (including phenoxy) is 1. The topological polar surface area (TPSA) is 44.8 Å². The first-order valence-electron chi connectivity index (χ1n) is 7.53. The van der Waals surface area contributed by atoms with Crippen molar-refractivity contribution in [2.24, 2.45) is 0 Å². The Labute approximate surface area is 127 Å². The lowest BCUT2D eigenvalue weighted by atomic mass is 10.2. The zero-order valence-electron chi connectivity index (χ0n) is 12.4. The number of halogens is 2. The van der Waals surface area contributed by atoms with Crippen molar-refractivity contribution in [1.29, 1.82) is 0 Å². The molecule has 0 unspecified atom stereocenters. The molecule has 0 saturated carbocycles. The predicted molar refractivity (Wildman–Crippen MR) is 79.3 cm³/mol. The maximum Gasteiger partial charge on any atom is 0.414 e. The van der Waals surface area contributed by atoms with E-state index in [0.717, 1.165) is 0 Å². The number of hydrogen-bond acceptors (Lipinski definition) is 4. The summed E-state index contributed by atoms with van der Waals surface area (Å²) in [5.74, 6) is -1.30. The molecule has 22 heavy (non-hydrogen) atoms. The van der Waals surface area contributed by atoms with Crippen molar-refractivity contribution >= 4 is 17.5 Å². The van der Waals surface area contributed by atoms with Crippen LogP contribution in [-0.2, 0) is 4.74 Å². The Balaban J connectivity index is 1.87. The van der Waals surface area contributed by atoms with E-state index in [2.05, 4.69) is 5.32 Å².